The van der Waals surface area contributed by atoms with Gasteiger partial charge in [0.25, 0.3) is 0 Å². The Kier molecular flexibility index (Phi) is 6.29. The Balaban J connectivity index is 0.000000612. The van der Waals surface area contributed by atoms with Crippen molar-refractivity contribution < 1.29 is 8.78 Å². The van der Waals surface area contributed by atoms with Crippen LogP contribution in [0.5, 0.6) is 0 Å². The number of nitrogens with zero attached hydrogens (tertiary/aromatic N) is 1. The minimum atomic E-state index is -0.563. The molecule has 0 aliphatic carbocycles. The summed E-state index contributed by atoms with van der Waals surface area (Å²) in [6, 6.07) is 7.55. The summed E-state index contributed by atoms with van der Waals surface area (Å²) in [5.41, 5.74) is 1.57. The second-order valence-electron chi connectivity index (χ2n) is 4.93. The molecule has 0 N–H and O–H groups in total. The molecule has 0 saturated heterocycles. The standard InChI is InChI=1S/C14H13F2N.C3H8/c1-9(2)11-7-10(15)8-12(16)14(11)13-5-3-4-6-17-13;1-3-2/h3-9H,1-2H3;3H2,1-2H3. The highest BCUT2D eigenvalue weighted by Gasteiger charge is 2.16. The number of aromatic nitrogens is 1. The maximum Gasteiger partial charge on any atom is 0.135 e. The van der Waals surface area contributed by atoms with Crippen LogP contribution in [0.15, 0.2) is 36.5 Å². The quantitative estimate of drug-likeness (QED) is 0.699. The van der Waals surface area contributed by atoms with Crippen LogP contribution in [0.3, 0.4) is 0 Å². The molecule has 0 aliphatic rings. The Labute approximate surface area is 119 Å². The predicted molar refractivity (Wildman–Crippen MR) is 79.6 cm³/mol. The van der Waals surface area contributed by atoms with Crippen LogP contribution in [-0.4, -0.2) is 4.98 Å². The Morgan fingerprint density at radius 1 is 1.10 bits per heavy atom. The first-order valence-electron chi connectivity index (χ1n) is 6.91. The summed E-state index contributed by atoms with van der Waals surface area (Å²) >= 11 is 0. The van der Waals surface area contributed by atoms with Gasteiger partial charge in [-0.2, -0.15) is 0 Å². The van der Waals surface area contributed by atoms with E-state index in [0.717, 1.165) is 6.07 Å². The molecule has 1 heterocycles. The molecular weight excluding hydrogens is 256 g/mol. The molecule has 2 rings (SSSR count). The molecule has 3 heteroatoms. The van der Waals surface area contributed by atoms with Crippen LogP contribution in [0, 0.1) is 11.6 Å². The zero-order chi connectivity index (χ0) is 15.1. The molecule has 0 spiro atoms. The molecule has 0 saturated carbocycles. The lowest BCUT2D eigenvalue weighted by Crippen LogP contribution is -1.99. The van der Waals surface area contributed by atoms with E-state index in [-0.39, 0.29) is 5.92 Å². The summed E-state index contributed by atoms with van der Waals surface area (Å²) in [4.78, 5) is 4.12. The summed E-state index contributed by atoms with van der Waals surface area (Å²) in [5.74, 6) is -1.07. The van der Waals surface area contributed by atoms with E-state index in [1.54, 1.807) is 24.4 Å². The number of rotatable bonds is 2. The number of hydrogen-bond acceptors (Lipinski definition) is 1. The van der Waals surface area contributed by atoms with Crippen LogP contribution in [0.1, 0.15) is 45.6 Å². The van der Waals surface area contributed by atoms with Crippen molar-refractivity contribution in [1.29, 1.82) is 0 Å². The van der Waals surface area contributed by atoms with E-state index in [1.807, 2.05) is 13.8 Å². The van der Waals surface area contributed by atoms with Crippen molar-refractivity contribution in [2.45, 2.75) is 40.0 Å². The molecule has 0 bridgehead atoms. The Bertz CT molecular complexity index is 536. The second-order valence-corrected chi connectivity index (χ2v) is 4.93. The van der Waals surface area contributed by atoms with Gasteiger partial charge in [0.05, 0.1) is 5.69 Å². The van der Waals surface area contributed by atoms with Crippen molar-refractivity contribution in [2.24, 2.45) is 0 Å². The van der Waals surface area contributed by atoms with Gasteiger partial charge in [-0.3, -0.25) is 4.98 Å². The monoisotopic (exact) mass is 277 g/mol. The fraction of sp³-hybridized carbons (Fsp3) is 0.353. The van der Waals surface area contributed by atoms with Crippen LogP contribution in [0.4, 0.5) is 8.78 Å². The van der Waals surface area contributed by atoms with Crippen LogP contribution < -0.4 is 0 Å². The fourth-order valence-electron chi connectivity index (χ4n) is 1.83. The Morgan fingerprint density at radius 2 is 1.75 bits per heavy atom. The summed E-state index contributed by atoms with van der Waals surface area (Å²) in [6.07, 6.45) is 2.85. The van der Waals surface area contributed by atoms with Crippen LogP contribution in [-0.2, 0) is 0 Å². The maximum absolute atomic E-state index is 13.9. The van der Waals surface area contributed by atoms with Gasteiger partial charge in [-0.05, 0) is 29.7 Å². The van der Waals surface area contributed by atoms with E-state index in [1.165, 1.54) is 12.5 Å². The lowest BCUT2D eigenvalue weighted by molar-refractivity contribution is 0.579. The largest absolute Gasteiger partial charge is 0.256 e. The molecular formula is C17H21F2N. The Hall–Kier alpha value is -1.77. The summed E-state index contributed by atoms with van der Waals surface area (Å²) in [6.45, 7) is 8.06. The highest BCUT2D eigenvalue weighted by atomic mass is 19.1. The van der Waals surface area contributed by atoms with Gasteiger partial charge >= 0.3 is 0 Å². The normalized spacial score (nSPS) is 10.2. The minimum Gasteiger partial charge on any atom is -0.256 e. The lowest BCUT2D eigenvalue weighted by Gasteiger charge is -2.13. The zero-order valence-electron chi connectivity index (χ0n) is 12.5. The maximum atomic E-state index is 13.9. The molecule has 0 unspecified atom stereocenters. The topological polar surface area (TPSA) is 12.9 Å². The number of halogens is 2. The van der Waals surface area contributed by atoms with Crippen molar-refractivity contribution in [2.75, 3.05) is 0 Å². The zero-order valence-corrected chi connectivity index (χ0v) is 12.5. The molecule has 0 atom stereocenters. The molecule has 0 radical (unpaired) electrons. The summed E-state index contributed by atoms with van der Waals surface area (Å²) in [7, 11) is 0. The molecule has 1 nitrogen and oxygen atoms in total. The van der Waals surface area contributed by atoms with Gasteiger partial charge in [0.1, 0.15) is 11.6 Å². The third-order valence-corrected chi connectivity index (χ3v) is 2.63. The van der Waals surface area contributed by atoms with Crippen molar-refractivity contribution in [3.8, 4) is 11.3 Å². The van der Waals surface area contributed by atoms with Crippen LogP contribution in [0.2, 0.25) is 0 Å². The Morgan fingerprint density at radius 3 is 2.25 bits per heavy atom. The fourth-order valence-corrected chi connectivity index (χ4v) is 1.83. The van der Waals surface area contributed by atoms with Gasteiger partial charge in [-0.25, -0.2) is 8.78 Å². The van der Waals surface area contributed by atoms with Crippen molar-refractivity contribution >= 4 is 0 Å². The number of pyridine rings is 1. The minimum absolute atomic E-state index is 0.0391. The molecule has 0 aliphatic heterocycles. The first-order chi connectivity index (χ1) is 9.51. The highest BCUT2D eigenvalue weighted by molar-refractivity contribution is 5.65. The molecule has 1 aromatic carbocycles. The van der Waals surface area contributed by atoms with E-state index in [9.17, 15) is 8.78 Å². The molecule has 2 aromatic rings. The number of benzene rings is 1. The van der Waals surface area contributed by atoms with Gasteiger partial charge in [0.2, 0.25) is 0 Å². The second kappa shape index (κ2) is 7.73. The smallest absolute Gasteiger partial charge is 0.135 e. The first kappa shape index (κ1) is 16.3. The third kappa shape index (κ3) is 4.12. The van der Waals surface area contributed by atoms with Crippen LogP contribution >= 0.6 is 0 Å². The average molecular weight is 277 g/mol. The van der Waals surface area contributed by atoms with E-state index in [4.69, 9.17) is 0 Å². The van der Waals surface area contributed by atoms with E-state index < -0.39 is 11.6 Å². The molecule has 1 aromatic heterocycles. The summed E-state index contributed by atoms with van der Waals surface area (Å²) < 4.78 is 27.1. The molecule has 0 amide bonds. The molecule has 0 fully saturated rings. The van der Waals surface area contributed by atoms with Crippen molar-refractivity contribution in [3.05, 3.63) is 53.7 Å². The van der Waals surface area contributed by atoms with Crippen molar-refractivity contribution in [1.82, 2.24) is 4.98 Å². The first-order valence-corrected chi connectivity index (χ1v) is 6.91. The predicted octanol–water partition coefficient (Wildman–Crippen LogP) is 5.57. The van der Waals surface area contributed by atoms with Gasteiger partial charge in [-0.15, -0.1) is 0 Å². The SMILES string of the molecule is CC(C)c1cc(F)cc(F)c1-c1ccccn1.CCC. The van der Waals surface area contributed by atoms with Crippen LogP contribution in [0.25, 0.3) is 11.3 Å². The van der Waals surface area contributed by atoms with Gasteiger partial charge in [0.15, 0.2) is 0 Å². The lowest BCUT2D eigenvalue weighted by atomic mass is 9.94. The van der Waals surface area contributed by atoms with E-state index >= 15 is 0 Å². The molecule has 20 heavy (non-hydrogen) atoms. The van der Waals surface area contributed by atoms with Gasteiger partial charge in [-0.1, -0.05) is 40.2 Å². The van der Waals surface area contributed by atoms with E-state index in [2.05, 4.69) is 18.8 Å². The highest BCUT2D eigenvalue weighted by Crippen LogP contribution is 2.31. The average Bonchev–Trinajstić information content (AvgIpc) is 2.39. The number of hydrogen-bond donors (Lipinski definition) is 0. The third-order valence-electron chi connectivity index (χ3n) is 2.63. The van der Waals surface area contributed by atoms with Gasteiger partial charge < -0.3 is 0 Å². The molecule has 108 valence electrons. The van der Waals surface area contributed by atoms with E-state index in [0.29, 0.717) is 16.8 Å². The summed E-state index contributed by atoms with van der Waals surface area (Å²) in [5, 5.41) is 0. The van der Waals surface area contributed by atoms with Gasteiger partial charge in [0, 0.05) is 17.8 Å². The van der Waals surface area contributed by atoms with Crippen molar-refractivity contribution in [3.63, 3.8) is 0 Å².